The number of morpholine rings is 1. The van der Waals surface area contributed by atoms with Gasteiger partial charge in [0.1, 0.15) is 0 Å². The summed E-state index contributed by atoms with van der Waals surface area (Å²) in [5, 5.41) is 12.4. The fourth-order valence-corrected chi connectivity index (χ4v) is 2.83. The van der Waals surface area contributed by atoms with Crippen LogP contribution in [0.3, 0.4) is 0 Å². The molecule has 2 heterocycles. The van der Waals surface area contributed by atoms with Crippen LogP contribution in [0.25, 0.3) is 0 Å². The van der Waals surface area contributed by atoms with Gasteiger partial charge in [-0.2, -0.15) is 0 Å². The summed E-state index contributed by atoms with van der Waals surface area (Å²) in [5.74, 6) is 0. The molecule has 1 aliphatic rings. The third-order valence-corrected chi connectivity index (χ3v) is 4.13. The second-order valence-electron chi connectivity index (χ2n) is 4.81. The first-order chi connectivity index (χ1) is 9.28. The predicted molar refractivity (Wildman–Crippen MR) is 76.5 cm³/mol. The lowest BCUT2D eigenvalue weighted by molar-refractivity contribution is 0.0319. The van der Waals surface area contributed by atoms with Gasteiger partial charge >= 0.3 is 0 Å². The Morgan fingerprint density at radius 2 is 2.21 bits per heavy atom. The molecule has 0 aliphatic carbocycles. The van der Waals surface area contributed by atoms with Crippen molar-refractivity contribution in [3.8, 4) is 0 Å². The first kappa shape index (κ1) is 14.9. The molecule has 5 nitrogen and oxygen atoms in total. The molecule has 1 aromatic rings. The van der Waals surface area contributed by atoms with Gasteiger partial charge in [-0.1, -0.05) is 0 Å². The molecule has 1 fully saturated rings. The highest BCUT2D eigenvalue weighted by Gasteiger charge is 2.13. The lowest BCUT2D eigenvalue weighted by atomic mass is 10.3. The van der Waals surface area contributed by atoms with Crippen LogP contribution >= 0.6 is 11.3 Å². The number of ether oxygens (including phenoxy) is 1. The Labute approximate surface area is 118 Å². The van der Waals surface area contributed by atoms with Crippen molar-refractivity contribution >= 4 is 11.3 Å². The summed E-state index contributed by atoms with van der Waals surface area (Å²) >= 11 is 1.68. The monoisotopic (exact) mass is 285 g/mol. The van der Waals surface area contributed by atoms with Crippen LogP contribution in [-0.2, 0) is 11.3 Å². The fourth-order valence-electron chi connectivity index (χ4n) is 2.23. The molecule has 0 bridgehead atoms. The predicted octanol–water partition coefficient (Wildman–Crippen LogP) is 0.578. The smallest absolute Gasteiger partial charge is 0.0897 e. The number of aliphatic hydroxyl groups excluding tert-OH is 1. The third kappa shape index (κ3) is 5.16. The molecule has 0 atom stereocenters. The van der Waals surface area contributed by atoms with E-state index in [1.165, 1.54) is 0 Å². The Bertz CT molecular complexity index is 367. The molecule has 0 aromatic carbocycles. The fraction of sp³-hybridized carbons (Fsp3) is 0.769. The second kappa shape index (κ2) is 7.91. The van der Waals surface area contributed by atoms with E-state index in [-0.39, 0.29) is 6.61 Å². The van der Waals surface area contributed by atoms with Crippen LogP contribution in [-0.4, -0.2) is 72.4 Å². The van der Waals surface area contributed by atoms with Crippen LogP contribution in [0, 0.1) is 6.92 Å². The quantitative estimate of drug-likeness (QED) is 0.794. The maximum absolute atomic E-state index is 9.16. The number of nitrogens with zero attached hydrogens (tertiary/aromatic N) is 3. The second-order valence-corrected chi connectivity index (χ2v) is 5.87. The molecule has 1 N–H and O–H groups in total. The zero-order valence-corrected chi connectivity index (χ0v) is 12.4. The van der Waals surface area contributed by atoms with Crippen molar-refractivity contribution < 1.29 is 9.84 Å². The maximum atomic E-state index is 9.16. The number of rotatable bonds is 7. The standard InChI is InChI=1S/C13H23N3O2S/c1-12-14-13(11-19-12)10-16(4-7-17)3-2-15-5-8-18-9-6-15/h11,17H,2-10H2,1H3. The summed E-state index contributed by atoms with van der Waals surface area (Å²) in [5.41, 5.74) is 1.11. The van der Waals surface area contributed by atoms with Gasteiger partial charge in [0.15, 0.2) is 0 Å². The minimum Gasteiger partial charge on any atom is -0.395 e. The summed E-state index contributed by atoms with van der Waals surface area (Å²) in [7, 11) is 0. The third-order valence-electron chi connectivity index (χ3n) is 3.30. The number of hydrogen-bond donors (Lipinski definition) is 1. The first-order valence-corrected chi connectivity index (χ1v) is 7.70. The van der Waals surface area contributed by atoms with Crippen molar-refractivity contribution in [1.29, 1.82) is 0 Å². The molecule has 108 valence electrons. The molecular weight excluding hydrogens is 262 g/mol. The van der Waals surface area contributed by atoms with E-state index in [2.05, 4.69) is 20.2 Å². The van der Waals surface area contributed by atoms with Crippen LogP contribution in [0.15, 0.2) is 5.38 Å². The van der Waals surface area contributed by atoms with Crippen molar-refractivity contribution in [2.24, 2.45) is 0 Å². The van der Waals surface area contributed by atoms with E-state index in [0.717, 1.165) is 56.6 Å². The number of aliphatic hydroxyl groups is 1. The average molecular weight is 285 g/mol. The van der Waals surface area contributed by atoms with E-state index in [0.29, 0.717) is 6.54 Å². The lowest BCUT2D eigenvalue weighted by Crippen LogP contribution is -2.41. The van der Waals surface area contributed by atoms with Gasteiger partial charge in [0, 0.05) is 44.6 Å². The number of aromatic nitrogens is 1. The highest BCUT2D eigenvalue weighted by Crippen LogP contribution is 2.10. The minimum atomic E-state index is 0.201. The topological polar surface area (TPSA) is 48.8 Å². The molecule has 2 rings (SSSR count). The summed E-state index contributed by atoms with van der Waals surface area (Å²) in [6, 6.07) is 0. The van der Waals surface area contributed by atoms with Gasteiger partial charge in [0.25, 0.3) is 0 Å². The van der Waals surface area contributed by atoms with Crippen molar-refractivity contribution in [2.75, 3.05) is 52.5 Å². The summed E-state index contributed by atoms with van der Waals surface area (Å²) in [6.45, 7) is 9.48. The minimum absolute atomic E-state index is 0.201. The van der Waals surface area contributed by atoms with Crippen molar-refractivity contribution in [3.63, 3.8) is 0 Å². The summed E-state index contributed by atoms with van der Waals surface area (Å²) in [6.07, 6.45) is 0. The Balaban J connectivity index is 1.78. The normalized spacial score (nSPS) is 17.2. The average Bonchev–Trinajstić information content (AvgIpc) is 2.83. The van der Waals surface area contributed by atoms with E-state index in [1.54, 1.807) is 11.3 Å². The SMILES string of the molecule is Cc1nc(CN(CCO)CCN2CCOCC2)cs1. The van der Waals surface area contributed by atoms with Gasteiger partial charge in [-0.05, 0) is 6.92 Å². The van der Waals surface area contributed by atoms with Crippen molar-refractivity contribution in [1.82, 2.24) is 14.8 Å². The molecule has 1 aromatic heterocycles. The molecule has 6 heteroatoms. The van der Waals surface area contributed by atoms with Gasteiger partial charge in [-0.25, -0.2) is 4.98 Å². The van der Waals surface area contributed by atoms with E-state index in [1.807, 2.05) is 6.92 Å². The molecular formula is C13H23N3O2S. The molecule has 0 unspecified atom stereocenters. The van der Waals surface area contributed by atoms with Crippen LogP contribution in [0.2, 0.25) is 0 Å². The molecule has 0 saturated carbocycles. The molecule has 0 radical (unpaired) electrons. The molecule has 19 heavy (non-hydrogen) atoms. The van der Waals surface area contributed by atoms with Crippen molar-refractivity contribution in [2.45, 2.75) is 13.5 Å². The molecule has 1 aliphatic heterocycles. The van der Waals surface area contributed by atoms with Gasteiger partial charge in [0.2, 0.25) is 0 Å². The van der Waals surface area contributed by atoms with Crippen LogP contribution in [0.1, 0.15) is 10.7 Å². The van der Waals surface area contributed by atoms with Crippen LogP contribution < -0.4 is 0 Å². The summed E-state index contributed by atoms with van der Waals surface area (Å²) in [4.78, 5) is 9.17. The summed E-state index contributed by atoms with van der Waals surface area (Å²) < 4.78 is 5.35. The Morgan fingerprint density at radius 1 is 1.42 bits per heavy atom. The van der Waals surface area contributed by atoms with Gasteiger partial charge in [-0.3, -0.25) is 9.80 Å². The number of aryl methyl sites for hydroxylation is 1. The van der Waals surface area contributed by atoms with Gasteiger partial charge in [0.05, 0.1) is 30.5 Å². The van der Waals surface area contributed by atoms with Crippen LogP contribution in [0.4, 0.5) is 0 Å². The van der Waals surface area contributed by atoms with Crippen molar-refractivity contribution in [3.05, 3.63) is 16.1 Å². The number of thiazole rings is 1. The highest BCUT2D eigenvalue weighted by molar-refractivity contribution is 7.09. The Kier molecular flexibility index (Phi) is 6.19. The first-order valence-electron chi connectivity index (χ1n) is 6.82. The van der Waals surface area contributed by atoms with E-state index in [9.17, 15) is 0 Å². The van der Waals surface area contributed by atoms with Gasteiger partial charge < -0.3 is 9.84 Å². The van der Waals surface area contributed by atoms with Crippen LogP contribution in [0.5, 0.6) is 0 Å². The van der Waals surface area contributed by atoms with E-state index < -0.39 is 0 Å². The van der Waals surface area contributed by atoms with E-state index >= 15 is 0 Å². The highest BCUT2D eigenvalue weighted by atomic mass is 32.1. The molecule has 1 saturated heterocycles. The molecule has 0 amide bonds. The largest absolute Gasteiger partial charge is 0.395 e. The lowest BCUT2D eigenvalue weighted by Gasteiger charge is -2.29. The Morgan fingerprint density at radius 3 is 2.84 bits per heavy atom. The molecule has 0 spiro atoms. The van der Waals surface area contributed by atoms with Gasteiger partial charge in [-0.15, -0.1) is 11.3 Å². The zero-order valence-electron chi connectivity index (χ0n) is 11.5. The maximum Gasteiger partial charge on any atom is 0.0897 e. The Hall–Kier alpha value is -0.530. The van der Waals surface area contributed by atoms with E-state index in [4.69, 9.17) is 9.84 Å². The zero-order chi connectivity index (χ0) is 13.5. The number of hydrogen-bond acceptors (Lipinski definition) is 6.